The lowest BCUT2D eigenvalue weighted by molar-refractivity contribution is -0.143. The Balaban J connectivity index is 1.44. The summed E-state index contributed by atoms with van der Waals surface area (Å²) in [5, 5.41) is 8.78. The van der Waals surface area contributed by atoms with Gasteiger partial charge in [-0.3, -0.25) is 9.59 Å². The minimum absolute atomic E-state index is 0.0880. The molecule has 3 heterocycles. The van der Waals surface area contributed by atoms with E-state index in [0.29, 0.717) is 6.61 Å². The van der Waals surface area contributed by atoms with Crippen molar-refractivity contribution in [3.8, 4) is 0 Å². The van der Waals surface area contributed by atoms with Gasteiger partial charge in [0.05, 0.1) is 24.1 Å². The predicted octanol–water partition coefficient (Wildman–Crippen LogP) is 5.92. The maximum Gasteiger partial charge on any atom is 0.306 e. The molecule has 206 valence electrons. The highest BCUT2D eigenvalue weighted by molar-refractivity contribution is 5.95. The van der Waals surface area contributed by atoms with Crippen molar-refractivity contribution >= 4 is 22.9 Å². The number of rotatable bonds is 7. The van der Waals surface area contributed by atoms with Crippen molar-refractivity contribution in [3.63, 3.8) is 0 Å². The predicted molar refractivity (Wildman–Crippen MR) is 154 cm³/mol. The van der Waals surface area contributed by atoms with Crippen LogP contribution < -0.4 is 0 Å². The molecule has 1 saturated heterocycles. The van der Waals surface area contributed by atoms with Crippen LogP contribution in [0, 0.1) is 6.92 Å². The molecule has 0 spiro atoms. The van der Waals surface area contributed by atoms with E-state index >= 15 is 0 Å². The number of fused-ring (bicyclic) bond motifs is 5. The van der Waals surface area contributed by atoms with Crippen molar-refractivity contribution in [3.05, 3.63) is 94.0 Å². The fourth-order valence-electron chi connectivity index (χ4n) is 7.00. The van der Waals surface area contributed by atoms with Gasteiger partial charge in [0, 0.05) is 24.1 Å². The van der Waals surface area contributed by atoms with Crippen LogP contribution in [0.1, 0.15) is 84.1 Å². The molecule has 2 bridgehead atoms. The average Bonchev–Trinajstić information content (AvgIpc) is 3.50. The number of esters is 1. The molecule has 2 aliphatic heterocycles. The number of aromatic nitrogens is 3. The van der Waals surface area contributed by atoms with E-state index in [9.17, 15) is 9.59 Å². The van der Waals surface area contributed by atoms with E-state index < -0.39 is 5.54 Å². The number of ether oxygens (including phenoxy) is 1. The highest BCUT2D eigenvalue weighted by Gasteiger charge is 2.51. The van der Waals surface area contributed by atoms with Crippen molar-refractivity contribution in [2.75, 3.05) is 6.61 Å². The Morgan fingerprint density at radius 2 is 1.90 bits per heavy atom. The summed E-state index contributed by atoms with van der Waals surface area (Å²) in [6.45, 7) is 9.23. The van der Waals surface area contributed by atoms with E-state index in [0.717, 1.165) is 59.1 Å². The van der Waals surface area contributed by atoms with Gasteiger partial charge in [-0.15, -0.1) is 5.10 Å². The largest absolute Gasteiger partial charge is 0.466 e. The van der Waals surface area contributed by atoms with Crippen molar-refractivity contribution < 1.29 is 14.3 Å². The molecule has 1 fully saturated rings. The molecule has 0 saturated carbocycles. The summed E-state index contributed by atoms with van der Waals surface area (Å²) >= 11 is 0. The third-order valence-corrected chi connectivity index (χ3v) is 9.01. The Bertz CT molecular complexity index is 1590. The zero-order chi connectivity index (χ0) is 28.0. The SMILES string of the molecule is CCOC(=O)C[C@@H](c1ccc2c(c1)C1(C)CCC(C2)N1C(=O)c1ccccc1)c1ccc2c(nnn2CC)c1C. The lowest BCUT2D eigenvalue weighted by atomic mass is 9.78. The number of carbonyl (C=O) groups is 2. The molecule has 7 heteroatoms. The number of hydrogen-bond donors (Lipinski definition) is 0. The molecule has 1 amide bonds. The Morgan fingerprint density at radius 1 is 1.10 bits per heavy atom. The van der Waals surface area contributed by atoms with E-state index in [1.807, 2.05) is 48.9 Å². The number of nitrogens with zero attached hydrogens (tertiary/aromatic N) is 4. The Morgan fingerprint density at radius 3 is 2.65 bits per heavy atom. The number of carbonyl (C=O) groups excluding carboxylic acids is 2. The Hall–Kier alpha value is -4.00. The van der Waals surface area contributed by atoms with Crippen LogP contribution in [0.3, 0.4) is 0 Å². The van der Waals surface area contributed by atoms with Crippen LogP contribution in [0.2, 0.25) is 0 Å². The van der Waals surface area contributed by atoms with Crippen molar-refractivity contribution in [1.29, 1.82) is 0 Å². The zero-order valence-electron chi connectivity index (χ0n) is 23.7. The van der Waals surface area contributed by atoms with E-state index in [4.69, 9.17) is 4.74 Å². The fourth-order valence-corrected chi connectivity index (χ4v) is 7.00. The maximum absolute atomic E-state index is 13.8. The molecule has 2 aliphatic rings. The van der Waals surface area contributed by atoms with Gasteiger partial charge in [0.15, 0.2) is 0 Å². The monoisotopic (exact) mass is 536 g/mol. The lowest BCUT2D eigenvalue weighted by Crippen LogP contribution is -2.51. The first kappa shape index (κ1) is 26.2. The second-order valence-corrected chi connectivity index (χ2v) is 11.2. The topological polar surface area (TPSA) is 77.3 Å². The van der Waals surface area contributed by atoms with Gasteiger partial charge in [-0.25, -0.2) is 4.68 Å². The standard InChI is InChI=1S/C33H36N4O3/c1-5-36-29-15-14-26(21(3)31(29)34-35-36)27(20-30(38)40-6-2)23-12-13-24-18-25-16-17-33(4,28(24)19-23)37(25)32(39)22-10-8-7-9-11-22/h7-15,19,25,27H,5-6,16-18,20H2,1-4H3/t25?,27-,33?/m0/s1. The summed E-state index contributed by atoms with van der Waals surface area (Å²) in [5.74, 6) is -0.346. The molecule has 2 unspecified atom stereocenters. The van der Waals surface area contributed by atoms with Crippen molar-refractivity contribution in [1.82, 2.24) is 19.9 Å². The van der Waals surface area contributed by atoms with E-state index in [1.54, 1.807) is 0 Å². The van der Waals surface area contributed by atoms with Gasteiger partial charge in [-0.2, -0.15) is 0 Å². The number of hydrogen-bond acceptors (Lipinski definition) is 5. The fraction of sp³-hybridized carbons (Fsp3) is 0.394. The molecule has 3 atom stereocenters. The van der Waals surface area contributed by atoms with Crippen LogP contribution in [0.5, 0.6) is 0 Å². The van der Waals surface area contributed by atoms with Crippen LogP contribution in [0.25, 0.3) is 11.0 Å². The van der Waals surface area contributed by atoms with E-state index in [2.05, 4.69) is 59.4 Å². The van der Waals surface area contributed by atoms with Gasteiger partial charge < -0.3 is 9.64 Å². The average molecular weight is 537 g/mol. The molecule has 3 aromatic carbocycles. The quantitative estimate of drug-likeness (QED) is 0.274. The summed E-state index contributed by atoms with van der Waals surface area (Å²) in [7, 11) is 0. The summed E-state index contributed by atoms with van der Waals surface area (Å²) < 4.78 is 7.31. The zero-order valence-corrected chi connectivity index (χ0v) is 23.7. The Labute approximate surface area is 235 Å². The van der Waals surface area contributed by atoms with Crippen LogP contribution in [0.15, 0.2) is 60.7 Å². The highest BCUT2D eigenvalue weighted by atomic mass is 16.5. The molecular formula is C33H36N4O3. The Kier molecular flexibility index (Phi) is 6.69. The molecule has 1 aromatic heterocycles. The summed E-state index contributed by atoms with van der Waals surface area (Å²) in [6.07, 6.45) is 2.97. The third kappa shape index (κ3) is 4.19. The van der Waals surface area contributed by atoms with Gasteiger partial charge in [-0.1, -0.05) is 47.7 Å². The van der Waals surface area contributed by atoms with Gasteiger partial charge in [-0.05, 0) is 93.0 Å². The van der Waals surface area contributed by atoms with Crippen molar-refractivity contribution in [2.45, 2.75) is 77.4 Å². The van der Waals surface area contributed by atoms with Gasteiger partial charge in [0.1, 0.15) is 5.52 Å². The summed E-state index contributed by atoms with van der Waals surface area (Å²) in [5.41, 5.74) is 7.77. The first-order chi connectivity index (χ1) is 19.4. The first-order valence-electron chi connectivity index (χ1n) is 14.4. The van der Waals surface area contributed by atoms with Gasteiger partial charge in [0.2, 0.25) is 0 Å². The second-order valence-electron chi connectivity index (χ2n) is 11.2. The minimum atomic E-state index is -0.404. The molecule has 0 radical (unpaired) electrons. The van der Waals surface area contributed by atoms with Crippen molar-refractivity contribution in [2.24, 2.45) is 0 Å². The van der Waals surface area contributed by atoms with Crippen LogP contribution in [-0.4, -0.2) is 44.4 Å². The number of aryl methyl sites for hydroxylation is 2. The number of benzene rings is 3. The molecule has 40 heavy (non-hydrogen) atoms. The molecule has 4 aromatic rings. The summed E-state index contributed by atoms with van der Waals surface area (Å²) in [4.78, 5) is 28.8. The first-order valence-corrected chi connectivity index (χ1v) is 14.4. The van der Waals surface area contributed by atoms with Gasteiger partial charge in [0.25, 0.3) is 5.91 Å². The lowest BCUT2D eigenvalue weighted by Gasteiger charge is -2.44. The molecule has 6 rings (SSSR count). The minimum Gasteiger partial charge on any atom is -0.466 e. The molecule has 0 aliphatic carbocycles. The molecule has 0 N–H and O–H groups in total. The summed E-state index contributed by atoms with van der Waals surface area (Å²) in [6, 6.07) is 20.6. The smallest absolute Gasteiger partial charge is 0.306 e. The normalized spacial score (nSPS) is 20.4. The van der Waals surface area contributed by atoms with E-state index in [1.165, 1.54) is 11.1 Å². The molecule has 7 nitrogen and oxygen atoms in total. The van der Waals surface area contributed by atoms with Crippen LogP contribution in [-0.2, 0) is 28.0 Å². The molecular weight excluding hydrogens is 500 g/mol. The van der Waals surface area contributed by atoms with Crippen LogP contribution >= 0.6 is 0 Å². The van der Waals surface area contributed by atoms with Crippen LogP contribution in [0.4, 0.5) is 0 Å². The van der Waals surface area contributed by atoms with E-state index in [-0.39, 0.29) is 30.3 Å². The van der Waals surface area contributed by atoms with Gasteiger partial charge >= 0.3 is 5.97 Å². The number of amides is 1. The highest BCUT2D eigenvalue weighted by Crippen LogP contribution is 2.50. The maximum atomic E-state index is 13.8. The second kappa shape index (κ2) is 10.2. The third-order valence-electron chi connectivity index (χ3n) is 9.01.